The first kappa shape index (κ1) is 14.0. The van der Waals surface area contributed by atoms with Crippen LogP contribution >= 0.6 is 0 Å². The summed E-state index contributed by atoms with van der Waals surface area (Å²) in [5.41, 5.74) is 0.229. The van der Waals surface area contributed by atoms with E-state index in [9.17, 15) is 14.7 Å². The van der Waals surface area contributed by atoms with Crippen LogP contribution in [-0.2, 0) is 9.53 Å². The molecular formula is C12H16N2O4. The molecule has 1 rings (SSSR count). The first-order valence-corrected chi connectivity index (χ1v) is 5.47. The number of esters is 1. The van der Waals surface area contributed by atoms with Crippen molar-refractivity contribution >= 4 is 11.9 Å². The van der Waals surface area contributed by atoms with Gasteiger partial charge in [0, 0.05) is 12.2 Å². The Morgan fingerprint density at radius 3 is 2.61 bits per heavy atom. The van der Waals surface area contributed by atoms with E-state index in [0.29, 0.717) is 0 Å². The van der Waals surface area contributed by atoms with Gasteiger partial charge in [-0.3, -0.25) is 14.6 Å². The molecule has 0 aromatic carbocycles. The summed E-state index contributed by atoms with van der Waals surface area (Å²) in [6.45, 7) is 3.44. The van der Waals surface area contributed by atoms with Gasteiger partial charge < -0.3 is 14.7 Å². The lowest BCUT2D eigenvalue weighted by atomic mass is 10.2. The fraction of sp³-hybridized carbons (Fsp3) is 0.417. The van der Waals surface area contributed by atoms with Gasteiger partial charge >= 0.3 is 5.97 Å². The van der Waals surface area contributed by atoms with Crippen LogP contribution in [0.25, 0.3) is 0 Å². The Bertz CT molecular complexity index is 445. The van der Waals surface area contributed by atoms with E-state index >= 15 is 0 Å². The predicted octanol–water partition coefficient (Wildman–Crippen LogP) is 0.811. The Morgan fingerprint density at radius 2 is 2.11 bits per heavy atom. The van der Waals surface area contributed by atoms with E-state index < -0.39 is 5.97 Å². The minimum Gasteiger partial charge on any atom is -0.506 e. The van der Waals surface area contributed by atoms with Gasteiger partial charge in [-0.15, -0.1) is 0 Å². The minimum atomic E-state index is -0.495. The molecule has 1 N–H and O–H groups in total. The van der Waals surface area contributed by atoms with Crippen molar-refractivity contribution in [3.8, 4) is 5.75 Å². The van der Waals surface area contributed by atoms with Crippen LogP contribution in [0.15, 0.2) is 18.5 Å². The zero-order chi connectivity index (χ0) is 13.7. The standard InChI is InChI=1S/C12H16N2O4/c1-8(2)14(7-11(16)18-3)12(17)9-4-10(15)6-13-5-9/h4-6,8,15H,7H2,1-3H3. The van der Waals surface area contributed by atoms with Gasteiger partial charge in [0.15, 0.2) is 0 Å². The number of nitrogens with zero attached hydrogens (tertiary/aromatic N) is 2. The van der Waals surface area contributed by atoms with Gasteiger partial charge in [-0.2, -0.15) is 0 Å². The Hall–Kier alpha value is -2.11. The van der Waals surface area contributed by atoms with Crippen molar-refractivity contribution in [3.05, 3.63) is 24.0 Å². The third-order valence-corrected chi connectivity index (χ3v) is 2.38. The zero-order valence-corrected chi connectivity index (χ0v) is 10.6. The monoisotopic (exact) mass is 252 g/mol. The van der Waals surface area contributed by atoms with Crippen LogP contribution < -0.4 is 0 Å². The lowest BCUT2D eigenvalue weighted by Gasteiger charge is -2.25. The fourth-order valence-electron chi connectivity index (χ4n) is 1.40. The summed E-state index contributed by atoms with van der Waals surface area (Å²) in [5, 5.41) is 9.29. The molecule has 0 unspecified atom stereocenters. The quantitative estimate of drug-likeness (QED) is 0.802. The second-order valence-electron chi connectivity index (χ2n) is 4.03. The van der Waals surface area contributed by atoms with Crippen molar-refractivity contribution in [2.75, 3.05) is 13.7 Å². The maximum atomic E-state index is 12.2. The second kappa shape index (κ2) is 6.00. The van der Waals surface area contributed by atoms with E-state index in [-0.39, 0.29) is 29.8 Å². The average Bonchev–Trinajstić information content (AvgIpc) is 2.34. The Morgan fingerprint density at radius 1 is 1.44 bits per heavy atom. The van der Waals surface area contributed by atoms with Crippen molar-refractivity contribution in [2.24, 2.45) is 0 Å². The number of carbonyl (C=O) groups excluding carboxylic acids is 2. The lowest BCUT2D eigenvalue weighted by molar-refractivity contribution is -0.141. The first-order chi connectivity index (χ1) is 8.45. The maximum Gasteiger partial charge on any atom is 0.325 e. The fourth-order valence-corrected chi connectivity index (χ4v) is 1.40. The van der Waals surface area contributed by atoms with E-state index in [1.807, 2.05) is 0 Å². The van der Waals surface area contributed by atoms with Crippen LogP contribution in [-0.4, -0.2) is 46.6 Å². The molecule has 0 fully saturated rings. The summed E-state index contributed by atoms with van der Waals surface area (Å²) >= 11 is 0. The number of hydrogen-bond acceptors (Lipinski definition) is 5. The average molecular weight is 252 g/mol. The summed E-state index contributed by atoms with van der Waals surface area (Å²) in [6, 6.07) is 1.14. The molecule has 0 saturated heterocycles. The van der Waals surface area contributed by atoms with Crippen molar-refractivity contribution in [3.63, 3.8) is 0 Å². The van der Waals surface area contributed by atoms with E-state index in [2.05, 4.69) is 9.72 Å². The Labute approximate surface area is 105 Å². The van der Waals surface area contributed by atoms with Crippen LogP contribution in [0, 0.1) is 0 Å². The number of rotatable bonds is 4. The molecule has 0 aliphatic heterocycles. The van der Waals surface area contributed by atoms with Gasteiger partial charge in [0.1, 0.15) is 12.3 Å². The SMILES string of the molecule is COC(=O)CN(C(=O)c1cncc(O)c1)C(C)C. The van der Waals surface area contributed by atoms with Gasteiger partial charge in [0.25, 0.3) is 5.91 Å². The van der Waals surface area contributed by atoms with Crippen LogP contribution in [0.2, 0.25) is 0 Å². The molecule has 1 heterocycles. The third-order valence-electron chi connectivity index (χ3n) is 2.38. The van der Waals surface area contributed by atoms with Gasteiger partial charge in [-0.05, 0) is 19.9 Å². The van der Waals surface area contributed by atoms with E-state index in [4.69, 9.17) is 0 Å². The molecule has 98 valence electrons. The van der Waals surface area contributed by atoms with E-state index in [1.54, 1.807) is 13.8 Å². The Kier molecular flexibility index (Phi) is 4.65. The first-order valence-electron chi connectivity index (χ1n) is 5.47. The number of hydrogen-bond donors (Lipinski definition) is 1. The highest BCUT2D eigenvalue weighted by molar-refractivity contribution is 5.96. The molecule has 18 heavy (non-hydrogen) atoms. The third kappa shape index (κ3) is 3.44. The zero-order valence-electron chi connectivity index (χ0n) is 10.6. The number of methoxy groups -OCH3 is 1. The van der Waals surface area contributed by atoms with E-state index in [0.717, 1.165) is 0 Å². The molecule has 1 amide bonds. The topological polar surface area (TPSA) is 79.7 Å². The van der Waals surface area contributed by atoms with Crippen LogP contribution in [0.5, 0.6) is 5.75 Å². The van der Waals surface area contributed by atoms with Crippen LogP contribution in [0.3, 0.4) is 0 Å². The largest absolute Gasteiger partial charge is 0.506 e. The number of aromatic hydroxyl groups is 1. The van der Waals surface area contributed by atoms with Crippen LogP contribution in [0.4, 0.5) is 0 Å². The number of amides is 1. The number of carbonyl (C=O) groups is 2. The Balaban J connectivity index is 2.93. The van der Waals surface area contributed by atoms with E-state index in [1.165, 1.54) is 30.5 Å². The number of aromatic nitrogens is 1. The molecule has 0 atom stereocenters. The summed E-state index contributed by atoms with van der Waals surface area (Å²) in [7, 11) is 1.27. The number of ether oxygens (including phenoxy) is 1. The summed E-state index contributed by atoms with van der Waals surface area (Å²) < 4.78 is 4.54. The lowest BCUT2D eigenvalue weighted by Crippen LogP contribution is -2.41. The normalized spacial score (nSPS) is 10.2. The smallest absolute Gasteiger partial charge is 0.325 e. The van der Waals surface area contributed by atoms with Gasteiger partial charge in [0.2, 0.25) is 0 Å². The molecule has 0 spiro atoms. The molecule has 6 nitrogen and oxygen atoms in total. The maximum absolute atomic E-state index is 12.2. The summed E-state index contributed by atoms with van der Waals surface area (Å²) in [4.78, 5) is 28.5. The number of pyridine rings is 1. The molecule has 6 heteroatoms. The predicted molar refractivity (Wildman–Crippen MR) is 64.1 cm³/mol. The summed E-state index contributed by atoms with van der Waals surface area (Å²) in [5.74, 6) is -0.966. The summed E-state index contributed by atoms with van der Waals surface area (Å²) in [6.07, 6.45) is 2.57. The highest BCUT2D eigenvalue weighted by Gasteiger charge is 2.22. The molecule has 0 radical (unpaired) electrons. The molecule has 1 aromatic heterocycles. The molecule has 1 aromatic rings. The molecule has 0 aliphatic carbocycles. The van der Waals surface area contributed by atoms with Crippen molar-refractivity contribution in [2.45, 2.75) is 19.9 Å². The van der Waals surface area contributed by atoms with Gasteiger partial charge in [0.05, 0.1) is 18.9 Å². The van der Waals surface area contributed by atoms with Crippen molar-refractivity contribution < 1.29 is 19.4 Å². The second-order valence-corrected chi connectivity index (χ2v) is 4.03. The molecular weight excluding hydrogens is 236 g/mol. The molecule has 0 aliphatic rings. The van der Waals surface area contributed by atoms with Crippen LogP contribution in [0.1, 0.15) is 24.2 Å². The van der Waals surface area contributed by atoms with Crippen molar-refractivity contribution in [1.82, 2.24) is 9.88 Å². The highest BCUT2D eigenvalue weighted by Crippen LogP contribution is 2.12. The minimum absolute atomic E-state index is 0.0948. The van der Waals surface area contributed by atoms with Crippen molar-refractivity contribution in [1.29, 1.82) is 0 Å². The van der Waals surface area contributed by atoms with Gasteiger partial charge in [-0.25, -0.2) is 0 Å². The highest BCUT2D eigenvalue weighted by atomic mass is 16.5. The molecule has 0 bridgehead atoms. The van der Waals surface area contributed by atoms with Gasteiger partial charge in [-0.1, -0.05) is 0 Å². The molecule has 0 saturated carbocycles.